The third-order valence-corrected chi connectivity index (χ3v) is 6.97. The summed E-state index contributed by atoms with van der Waals surface area (Å²) in [5.41, 5.74) is 11.9. The van der Waals surface area contributed by atoms with Crippen molar-refractivity contribution in [1.82, 2.24) is 19.6 Å². The van der Waals surface area contributed by atoms with Crippen LogP contribution in [0.2, 0.25) is 0 Å². The predicted octanol–water partition coefficient (Wildman–Crippen LogP) is 5.18. The molecule has 0 atom stereocenters. The molecule has 6 nitrogen and oxygen atoms in total. The third-order valence-electron chi connectivity index (χ3n) is 6.97. The molecule has 5 aromatic rings. The van der Waals surface area contributed by atoms with Crippen molar-refractivity contribution in [2.24, 2.45) is 5.73 Å². The zero-order valence-electron chi connectivity index (χ0n) is 19.6. The second-order valence-electron chi connectivity index (χ2n) is 9.82. The number of fused-ring (bicyclic) bond motifs is 3. The summed E-state index contributed by atoms with van der Waals surface area (Å²) in [4.78, 5) is 9.59. The Kier molecular flexibility index (Phi) is 4.95. The van der Waals surface area contributed by atoms with E-state index in [-0.39, 0.29) is 17.8 Å². The van der Waals surface area contributed by atoms with Gasteiger partial charge in [-0.05, 0) is 36.5 Å². The van der Waals surface area contributed by atoms with Crippen LogP contribution in [0.1, 0.15) is 43.9 Å². The number of benzene rings is 2. The SMILES string of the molecule is CC(C)c1cc2ncc3cc(-c4ccccc4F)c(-c4ccc([C@]5(N)C[C@H](O)C5)cc4)nc3n2n1. The molecular formula is C28H26FN5O. The Bertz CT molecular complexity index is 1570. The highest BCUT2D eigenvalue weighted by molar-refractivity contribution is 5.90. The Morgan fingerprint density at radius 3 is 2.49 bits per heavy atom. The molecular weight excluding hydrogens is 441 g/mol. The lowest BCUT2D eigenvalue weighted by Crippen LogP contribution is -2.51. The molecule has 1 aliphatic rings. The Hall–Kier alpha value is -3.68. The van der Waals surface area contributed by atoms with Gasteiger partial charge in [-0.3, -0.25) is 0 Å². The topological polar surface area (TPSA) is 89.3 Å². The van der Waals surface area contributed by atoms with Crippen molar-refractivity contribution in [3.8, 4) is 22.4 Å². The lowest BCUT2D eigenvalue weighted by molar-refractivity contribution is 0.0209. The first-order valence-electron chi connectivity index (χ1n) is 11.8. The van der Waals surface area contributed by atoms with Gasteiger partial charge in [0.15, 0.2) is 11.3 Å². The zero-order valence-corrected chi connectivity index (χ0v) is 19.6. The average molecular weight is 468 g/mol. The number of hydrogen-bond donors (Lipinski definition) is 2. The van der Waals surface area contributed by atoms with Crippen molar-refractivity contribution >= 4 is 16.7 Å². The fourth-order valence-electron chi connectivity index (χ4n) is 4.92. The fraction of sp³-hybridized carbons (Fsp3) is 0.250. The summed E-state index contributed by atoms with van der Waals surface area (Å²) in [6, 6.07) is 18.5. The molecule has 6 rings (SSSR count). The van der Waals surface area contributed by atoms with E-state index in [1.54, 1.807) is 22.8 Å². The Balaban J connectivity index is 1.57. The summed E-state index contributed by atoms with van der Waals surface area (Å²) in [6.45, 7) is 4.18. The van der Waals surface area contributed by atoms with Crippen LogP contribution >= 0.6 is 0 Å². The summed E-state index contributed by atoms with van der Waals surface area (Å²) in [5.74, 6) is -0.0591. The second-order valence-corrected chi connectivity index (χ2v) is 9.82. The van der Waals surface area contributed by atoms with E-state index in [2.05, 4.69) is 18.8 Å². The molecule has 1 aliphatic carbocycles. The molecule has 1 fully saturated rings. The van der Waals surface area contributed by atoms with Gasteiger partial charge in [-0.1, -0.05) is 56.3 Å². The first kappa shape index (κ1) is 21.8. The molecule has 0 bridgehead atoms. The van der Waals surface area contributed by atoms with E-state index in [9.17, 15) is 9.50 Å². The maximum Gasteiger partial charge on any atom is 0.165 e. The van der Waals surface area contributed by atoms with E-state index < -0.39 is 5.54 Å². The number of hydrogen-bond acceptors (Lipinski definition) is 5. The van der Waals surface area contributed by atoms with Crippen LogP contribution in [0, 0.1) is 5.82 Å². The maximum atomic E-state index is 14.9. The summed E-state index contributed by atoms with van der Waals surface area (Å²) < 4.78 is 16.7. The van der Waals surface area contributed by atoms with Crippen molar-refractivity contribution in [2.75, 3.05) is 0 Å². The molecule has 3 aromatic heterocycles. The third kappa shape index (κ3) is 3.59. The monoisotopic (exact) mass is 467 g/mol. The largest absolute Gasteiger partial charge is 0.393 e. The van der Waals surface area contributed by atoms with Crippen molar-refractivity contribution < 1.29 is 9.50 Å². The minimum absolute atomic E-state index is 0.255. The smallest absolute Gasteiger partial charge is 0.165 e. The summed E-state index contributed by atoms with van der Waals surface area (Å²) in [5, 5.41) is 15.3. The molecule has 0 saturated heterocycles. The Morgan fingerprint density at radius 2 is 1.80 bits per heavy atom. The zero-order chi connectivity index (χ0) is 24.3. The molecule has 3 heterocycles. The first-order chi connectivity index (χ1) is 16.8. The lowest BCUT2D eigenvalue weighted by Gasteiger charge is -2.42. The van der Waals surface area contributed by atoms with E-state index >= 15 is 0 Å². The molecule has 3 N–H and O–H groups in total. The van der Waals surface area contributed by atoms with Gasteiger partial charge in [0.05, 0.1) is 17.5 Å². The number of nitrogens with zero attached hydrogens (tertiary/aromatic N) is 4. The van der Waals surface area contributed by atoms with Gasteiger partial charge in [0, 0.05) is 39.9 Å². The number of pyridine rings is 1. The summed E-state index contributed by atoms with van der Waals surface area (Å²) >= 11 is 0. The van der Waals surface area contributed by atoms with Crippen molar-refractivity contribution in [3.05, 3.63) is 83.9 Å². The van der Waals surface area contributed by atoms with Crippen LogP contribution in [-0.2, 0) is 5.54 Å². The van der Waals surface area contributed by atoms with Gasteiger partial charge >= 0.3 is 0 Å². The summed E-state index contributed by atoms with van der Waals surface area (Å²) in [6.07, 6.45) is 2.50. The van der Waals surface area contributed by atoms with Crippen LogP contribution in [0.25, 0.3) is 39.1 Å². The predicted molar refractivity (Wildman–Crippen MR) is 134 cm³/mol. The summed E-state index contributed by atoms with van der Waals surface area (Å²) in [7, 11) is 0. The molecule has 0 aliphatic heterocycles. The fourth-order valence-corrected chi connectivity index (χ4v) is 4.92. The second kappa shape index (κ2) is 7.93. The highest BCUT2D eigenvalue weighted by Crippen LogP contribution is 2.40. The van der Waals surface area contributed by atoms with Gasteiger partial charge in [-0.15, -0.1) is 0 Å². The van der Waals surface area contributed by atoms with Crippen molar-refractivity contribution in [1.29, 1.82) is 0 Å². The van der Waals surface area contributed by atoms with Crippen LogP contribution < -0.4 is 5.73 Å². The van der Waals surface area contributed by atoms with E-state index in [4.69, 9.17) is 15.8 Å². The number of nitrogens with two attached hydrogens (primary N) is 1. The molecule has 1 saturated carbocycles. The molecule has 0 radical (unpaired) electrons. The van der Waals surface area contributed by atoms with Gasteiger partial charge in [0.2, 0.25) is 0 Å². The number of halogens is 1. The number of aliphatic hydroxyl groups excluding tert-OH is 1. The number of aromatic nitrogens is 4. The molecule has 35 heavy (non-hydrogen) atoms. The Labute approximate surface area is 202 Å². The molecule has 0 amide bonds. The normalized spacial score (nSPS) is 20.0. The van der Waals surface area contributed by atoms with Crippen LogP contribution in [0.3, 0.4) is 0 Å². The molecule has 7 heteroatoms. The van der Waals surface area contributed by atoms with E-state index in [1.165, 1.54) is 6.07 Å². The van der Waals surface area contributed by atoms with E-state index in [0.717, 1.165) is 27.9 Å². The maximum absolute atomic E-state index is 14.9. The minimum atomic E-state index is -0.511. The minimum Gasteiger partial charge on any atom is -0.393 e. The van der Waals surface area contributed by atoms with Crippen LogP contribution in [-0.4, -0.2) is 30.8 Å². The highest BCUT2D eigenvalue weighted by Gasteiger charge is 2.41. The van der Waals surface area contributed by atoms with E-state index in [0.29, 0.717) is 35.3 Å². The number of aliphatic hydroxyl groups is 1. The van der Waals surface area contributed by atoms with Crippen LogP contribution in [0.5, 0.6) is 0 Å². The standard InChI is InChI=1S/C28H26FN5O/c1-16(2)24-12-25-31-15-18-11-22(21-5-3-4-6-23(21)29)26(32-27(18)34(25)33-24)17-7-9-19(10-8-17)28(30)13-20(35)14-28/h3-12,15-16,20,35H,13-14,30H2,1-2H3/t20-,28-. The van der Waals surface area contributed by atoms with Gasteiger partial charge in [0.1, 0.15) is 5.82 Å². The van der Waals surface area contributed by atoms with Crippen molar-refractivity contribution in [3.63, 3.8) is 0 Å². The molecule has 0 unspecified atom stereocenters. The van der Waals surface area contributed by atoms with E-state index in [1.807, 2.05) is 42.5 Å². The van der Waals surface area contributed by atoms with Crippen molar-refractivity contribution in [2.45, 2.75) is 44.2 Å². The lowest BCUT2D eigenvalue weighted by atomic mass is 9.70. The van der Waals surface area contributed by atoms with Crippen LogP contribution in [0.15, 0.2) is 66.9 Å². The quantitative estimate of drug-likeness (QED) is 0.380. The van der Waals surface area contributed by atoms with Gasteiger partial charge in [-0.2, -0.15) is 9.61 Å². The average Bonchev–Trinajstić information content (AvgIpc) is 3.28. The van der Waals surface area contributed by atoms with Gasteiger partial charge < -0.3 is 10.8 Å². The number of rotatable bonds is 4. The van der Waals surface area contributed by atoms with Crippen LogP contribution in [0.4, 0.5) is 4.39 Å². The van der Waals surface area contributed by atoms with Gasteiger partial charge in [0.25, 0.3) is 0 Å². The molecule has 2 aromatic carbocycles. The first-order valence-corrected chi connectivity index (χ1v) is 11.8. The molecule has 176 valence electrons. The van der Waals surface area contributed by atoms with Gasteiger partial charge in [-0.25, -0.2) is 14.4 Å². The molecule has 0 spiro atoms. The Morgan fingerprint density at radius 1 is 1.06 bits per heavy atom. The highest BCUT2D eigenvalue weighted by atomic mass is 19.1.